The van der Waals surface area contributed by atoms with Crippen LogP contribution in [0.2, 0.25) is 0 Å². The molecule has 0 spiro atoms. The minimum absolute atomic E-state index is 0.440. The van der Waals surface area contributed by atoms with E-state index in [1.807, 2.05) is 0 Å². The van der Waals surface area contributed by atoms with Crippen LogP contribution in [0.3, 0.4) is 0 Å². The van der Waals surface area contributed by atoms with Crippen molar-refractivity contribution in [3.63, 3.8) is 0 Å². The summed E-state index contributed by atoms with van der Waals surface area (Å²) in [5, 5.41) is 0. The number of carbonyl (C=O) groups excluding carboxylic acids is 1. The highest BCUT2D eigenvalue weighted by atomic mass is 16.1. The van der Waals surface area contributed by atoms with Gasteiger partial charge in [-0.25, -0.2) is 0 Å². The fourth-order valence-electron chi connectivity index (χ4n) is 0.620. The highest BCUT2D eigenvalue weighted by Crippen LogP contribution is 2.29. The van der Waals surface area contributed by atoms with E-state index in [9.17, 15) is 4.79 Å². The summed E-state index contributed by atoms with van der Waals surface area (Å²) in [7, 11) is 0. The maximum atomic E-state index is 11.3. The van der Waals surface area contributed by atoms with Gasteiger partial charge in [-0.1, -0.05) is 13.3 Å². The summed E-state index contributed by atoms with van der Waals surface area (Å²) in [6.07, 6.45) is -14.2. The predicted molar refractivity (Wildman–Crippen MR) is 41.8 cm³/mol. The lowest BCUT2D eigenvalue weighted by Crippen LogP contribution is -2.14. The molecule has 0 saturated heterocycles. The van der Waals surface area contributed by atoms with Crippen molar-refractivity contribution in [1.82, 2.24) is 0 Å². The molecule has 0 aromatic rings. The third kappa shape index (κ3) is 1.83. The van der Waals surface area contributed by atoms with Gasteiger partial charge in [-0.05, 0) is 31.4 Å². The first-order valence-corrected chi connectivity index (χ1v) is 3.09. The highest BCUT2D eigenvalue weighted by Gasteiger charge is 2.18. The first-order chi connectivity index (χ1) is 8.66. The van der Waals surface area contributed by atoms with Crippen molar-refractivity contribution in [3.05, 3.63) is 0 Å². The van der Waals surface area contributed by atoms with Crippen molar-refractivity contribution in [3.8, 4) is 0 Å². The molecule has 1 aliphatic rings. The zero-order chi connectivity index (χ0) is 16.4. The van der Waals surface area contributed by atoms with Gasteiger partial charge in [-0.15, -0.1) is 0 Å². The largest absolute Gasteiger partial charge is 0.303 e. The highest BCUT2D eigenvalue weighted by molar-refractivity contribution is 5.53. The zero-order valence-corrected chi connectivity index (χ0v) is 5.69. The average Bonchev–Trinajstić information content (AvgIpc) is 2.33. The van der Waals surface area contributed by atoms with Crippen molar-refractivity contribution < 1.29 is 18.5 Å². The molecule has 0 bridgehead atoms. The summed E-state index contributed by atoms with van der Waals surface area (Å²) >= 11 is 0. The molecule has 1 saturated carbocycles. The van der Waals surface area contributed by atoms with Crippen LogP contribution >= 0.6 is 0 Å². The molecule has 0 amide bonds. The van der Waals surface area contributed by atoms with Gasteiger partial charge in [0, 0.05) is 18.2 Å². The average molecular weight is 150 g/mol. The van der Waals surface area contributed by atoms with Gasteiger partial charge in [0.25, 0.3) is 0 Å². The quantitative estimate of drug-likeness (QED) is 0.552. The third-order valence-corrected chi connectivity index (χ3v) is 1.20. The van der Waals surface area contributed by atoms with E-state index in [1.165, 1.54) is 6.92 Å². The van der Waals surface area contributed by atoms with E-state index in [-0.39, 0.29) is 0 Å². The molecule has 3 unspecified atom stereocenters. The molecule has 3 atom stereocenters. The second-order valence-electron chi connectivity index (χ2n) is 1.89. The minimum atomic E-state index is -3.34. The Morgan fingerprint density at radius 2 is 2.60 bits per heavy atom. The van der Waals surface area contributed by atoms with Crippen molar-refractivity contribution in [2.24, 2.45) is 11.8 Å². The lowest BCUT2D eigenvalue weighted by molar-refractivity contribution is -0.112. The van der Waals surface area contributed by atoms with Crippen LogP contribution in [0.4, 0.5) is 0 Å². The molecular formula is C9H16O. The Kier molecular flexibility index (Phi) is 0.704. The normalized spacial score (nSPS) is 85.5. The van der Waals surface area contributed by atoms with E-state index in [4.69, 9.17) is 13.7 Å². The van der Waals surface area contributed by atoms with Crippen LogP contribution in [-0.2, 0) is 4.79 Å². The first-order valence-electron chi connectivity index (χ1n) is 8.17. The van der Waals surface area contributed by atoms with E-state index in [0.29, 0.717) is 0 Å². The van der Waals surface area contributed by atoms with Gasteiger partial charge in [0.2, 0.25) is 0 Å². The molecule has 0 radical (unpaired) electrons. The standard InChI is InChI=1S/C9H16O/c1-2-8-3-5-9(7-10)6-4-8/h7-9H,2-6H2,1H3/i3D2,4D2,5D,6D2,7D,8D,9D. The number of hydrogen-bond donors (Lipinski definition) is 0. The molecule has 10 heavy (non-hydrogen) atoms. The van der Waals surface area contributed by atoms with Crippen LogP contribution in [0, 0.1) is 11.8 Å². The topological polar surface area (TPSA) is 17.1 Å². The molecule has 1 aliphatic carbocycles. The van der Waals surface area contributed by atoms with Crippen molar-refractivity contribution in [2.45, 2.75) is 38.9 Å². The summed E-state index contributed by atoms with van der Waals surface area (Å²) in [6, 6.07) is 0. The molecule has 1 heteroatoms. The Hall–Kier alpha value is -0.330. The second kappa shape index (κ2) is 3.75. The first kappa shape index (κ1) is 1.88. The third-order valence-electron chi connectivity index (χ3n) is 1.20. The number of carbonyl (C=O) groups is 1. The molecular weight excluding hydrogens is 124 g/mol. The number of rotatable bonds is 2. The zero-order valence-electron chi connectivity index (χ0n) is 15.7. The minimum Gasteiger partial charge on any atom is -0.303 e. The Bertz CT molecular complexity index is 434. The van der Waals surface area contributed by atoms with Crippen LogP contribution in [0.25, 0.3) is 0 Å². The summed E-state index contributed by atoms with van der Waals surface area (Å²) in [4.78, 5) is 11.3. The smallest absolute Gasteiger partial charge is 0.123 e. The fourth-order valence-corrected chi connectivity index (χ4v) is 0.620. The summed E-state index contributed by atoms with van der Waals surface area (Å²) in [5.74, 6) is -5.88. The Morgan fingerprint density at radius 3 is 3.20 bits per heavy atom. The molecule has 0 N–H and O–H groups in total. The Morgan fingerprint density at radius 1 is 1.80 bits per heavy atom. The summed E-state index contributed by atoms with van der Waals surface area (Å²) < 4.78 is 77.2. The summed E-state index contributed by atoms with van der Waals surface area (Å²) in [5.41, 5.74) is 0. The molecule has 58 valence electrons. The second-order valence-corrected chi connectivity index (χ2v) is 1.89. The van der Waals surface area contributed by atoms with Gasteiger partial charge in [0.15, 0.2) is 0 Å². The molecule has 0 aromatic heterocycles. The van der Waals surface area contributed by atoms with Crippen molar-refractivity contribution in [1.29, 1.82) is 0 Å². The van der Waals surface area contributed by atoms with Gasteiger partial charge in [0.1, 0.15) is 7.63 Å². The molecule has 0 aliphatic heterocycles. The molecule has 1 nitrogen and oxygen atoms in total. The summed E-state index contributed by atoms with van der Waals surface area (Å²) in [6.45, 7) is 1.28. The Labute approximate surface area is 76.9 Å². The number of hydrogen-bond acceptors (Lipinski definition) is 1. The van der Waals surface area contributed by atoms with Crippen LogP contribution in [0.1, 0.15) is 52.6 Å². The van der Waals surface area contributed by atoms with Gasteiger partial charge in [0.05, 0.1) is 0 Å². The van der Waals surface area contributed by atoms with Gasteiger partial charge < -0.3 is 4.79 Å². The van der Waals surface area contributed by atoms with Gasteiger partial charge in [-0.3, -0.25) is 0 Å². The maximum Gasteiger partial charge on any atom is 0.123 e. The Balaban J connectivity index is 3.76. The molecule has 0 heterocycles. The molecule has 1 fully saturated rings. The van der Waals surface area contributed by atoms with Crippen molar-refractivity contribution in [2.75, 3.05) is 0 Å². The van der Waals surface area contributed by atoms with Crippen molar-refractivity contribution >= 4 is 6.26 Å². The maximum absolute atomic E-state index is 11.3. The SMILES string of the molecule is [2H]C(=O)C1([2H])C([2H])C([2H])([2H])C([2H])(CC)C([2H])([2H])C1([2H])[2H]. The van der Waals surface area contributed by atoms with E-state index in [1.54, 1.807) is 0 Å². The lowest BCUT2D eigenvalue weighted by Gasteiger charge is -2.23. The van der Waals surface area contributed by atoms with E-state index < -0.39 is 50.0 Å². The van der Waals surface area contributed by atoms with Crippen LogP contribution < -0.4 is 0 Å². The van der Waals surface area contributed by atoms with Gasteiger partial charge in [-0.2, -0.15) is 0 Å². The van der Waals surface area contributed by atoms with Crippen LogP contribution in [-0.4, -0.2) is 6.26 Å². The van der Waals surface area contributed by atoms with Gasteiger partial charge >= 0.3 is 0 Å². The van der Waals surface area contributed by atoms with E-state index in [0.717, 1.165) is 0 Å². The predicted octanol–water partition coefficient (Wildman–Crippen LogP) is 2.40. The number of aldehydes is 1. The lowest BCUT2D eigenvalue weighted by atomic mass is 9.82. The van der Waals surface area contributed by atoms with Crippen LogP contribution in [0.5, 0.6) is 0 Å². The van der Waals surface area contributed by atoms with Crippen LogP contribution in [0.15, 0.2) is 0 Å². The fraction of sp³-hybridized carbons (Fsp3) is 0.889. The van der Waals surface area contributed by atoms with E-state index >= 15 is 0 Å². The monoisotopic (exact) mass is 150 g/mol. The molecule has 1 rings (SSSR count). The molecule has 0 aromatic carbocycles. The van der Waals surface area contributed by atoms with E-state index in [2.05, 4.69) is 0 Å².